The molecule has 0 amide bonds. The normalized spacial score (nSPS) is 21.5. The van der Waals surface area contributed by atoms with E-state index in [-0.39, 0.29) is 12.3 Å². The van der Waals surface area contributed by atoms with Gasteiger partial charge in [-0.25, -0.2) is 0 Å². The van der Waals surface area contributed by atoms with E-state index in [9.17, 15) is 5.11 Å². The van der Waals surface area contributed by atoms with E-state index >= 15 is 4.57 Å². The van der Waals surface area contributed by atoms with Crippen LogP contribution < -0.4 is 15.5 Å². The van der Waals surface area contributed by atoms with Crippen molar-refractivity contribution in [3.63, 3.8) is 0 Å². The van der Waals surface area contributed by atoms with Gasteiger partial charge in [0.1, 0.15) is 18.9 Å². The van der Waals surface area contributed by atoms with Crippen LogP contribution in [-0.4, -0.2) is 41.5 Å². The van der Waals surface area contributed by atoms with Crippen LogP contribution in [0, 0.1) is 0 Å². The monoisotopic (exact) mass is 508 g/mol. The Morgan fingerprint density at radius 1 is 0.757 bits per heavy atom. The molecule has 2 saturated heterocycles. The molecule has 5 heteroatoms. The maximum atomic E-state index is 15.3. The van der Waals surface area contributed by atoms with E-state index in [2.05, 4.69) is 34.1 Å². The second-order valence-electron chi connectivity index (χ2n) is 10.3. The van der Waals surface area contributed by atoms with Gasteiger partial charge in [-0.2, -0.15) is 0 Å². The third-order valence-corrected chi connectivity index (χ3v) is 11.2. The molecule has 2 aliphatic rings. The van der Waals surface area contributed by atoms with Crippen molar-refractivity contribution in [3.05, 3.63) is 127 Å². The van der Waals surface area contributed by atoms with Crippen LogP contribution in [0.3, 0.4) is 0 Å². The fourth-order valence-electron chi connectivity index (χ4n) is 6.34. The number of rotatable bonds is 7. The van der Waals surface area contributed by atoms with Crippen LogP contribution in [0.15, 0.2) is 121 Å². The quantitative estimate of drug-likeness (QED) is 0.349. The predicted molar refractivity (Wildman–Crippen MR) is 152 cm³/mol. The molecule has 1 N–H and O–H groups in total. The molecular formula is C32H33N2O2P. The average Bonchev–Trinajstić information content (AvgIpc) is 3.57. The molecule has 188 valence electrons. The first-order valence-electron chi connectivity index (χ1n) is 13.2. The number of aliphatic hydroxyl groups is 1. The molecule has 0 aliphatic carbocycles. The predicted octanol–water partition coefficient (Wildman–Crippen LogP) is 5.20. The highest BCUT2D eigenvalue weighted by molar-refractivity contribution is 7.78. The molecule has 0 bridgehead atoms. The average molecular weight is 509 g/mol. The summed E-state index contributed by atoms with van der Waals surface area (Å²) in [6.45, 7) is 1.78. The van der Waals surface area contributed by atoms with Crippen molar-refractivity contribution < 1.29 is 9.67 Å². The number of fused-ring (bicyclic) bond motifs is 1. The Morgan fingerprint density at radius 2 is 1.27 bits per heavy atom. The molecule has 4 nitrogen and oxygen atoms in total. The summed E-state index contributed by atoms with van der Waals surface area (Å²) in [5.74, 6) is 0. The molecule has 4 aromatic rings. The SMILES string of the molecule is O=P(C[C@](O)(c1ccccc1)[C@H]1N(c2ccccc2)C[C@@H]2CCCN21)(c1ccccc1)c1ccccc1. The molecule has 0 aromatic heterocycles. The van der Waals surface area contributed by atoms with E-state index in [1.807, 2.05) is 97.1 Å². The fourth-order valence-corrected chi connectivity index (χ4v) is 9.33. The smallest absolute Gasteiger partial charge is 0.146 e. The highest BCUT2D eigenvalue weighted by atomic mass is 31.2. The number of nitrogens with zero attached hydrogens (tertiary/aromatic N) is 2. The molecule has 0 spiro atoms. The standard InChI is InChI=1S/C32H33N2O2P/c35-32(26-14-5-1-6-15-26,25-37(36,29-19-9-3-10-20-29)30-21-11-4-12-22-30)31-33-23-13-18-28(33)24-34(31)27-16-7-2-8-17-27/h1-12,14-17,19-22,28,31,35H,13,18,23-25H2/t28-,31+,32-/m0/s1. The van der Waals surface area contributed by atoms with Crippen LogP contribution >= 0.6 is 7.14 Å². The van der Waals surface area contributed by atoms with Gasteiger partial charge in [-0.05, 0) is 30.5 Å². The first-order valence-corrected chi connectivity index (χ1v) is 15.0. The largest absolute Gasteiger partial charge is 0.381 e. The Labute approximate surface area is 219 Å². The van der Waals surface area contributed by atoms with Crippen LogP contribution in [-0.2, 0) is 10.2 Å². The van der Waals surface area contributed by atoms with E-state index in [0.29, 0.717) is 6.04 Å². The minimum absolute atomic E-state index is 0.120. The molecule has 4 aromatic carbocycles. The topological polar surface area (TPSA) is 43.8 Å². The van der Waals surface area contributed by atoms with Gasteiger partial charge in [0, 0.05) is 41.6 Å². The Morgan fingerprint density at radius 3 is 1.84 bits per heavy atom. The van der Waals surface area contributed by atoms with Gasteiger partial charge in [0.15, 0.2) is 0 Å². The molecule has 2 aliphatic heterocycles. The van der Waals surface area contributed by atoms with Crippen molar-refractivity contribution in [1.29, 1.82) is 0 Å². The Hall–Kier alpha value is -3.17. The second-order valence-corrected chi connectivity index (χ2v) is 13.1. The van der Waals surface area contributed by atoms with Gasteiger partial charge in [-0.1, -0.05) is 109 Å². The van der Waals surface area contributed by atoms with Gasteiger partial charge in [0.05, 0.1) is 0 Å². The Bertz CT molecular complexity index is 1320. The van der Waals surface area contributed by atoms with Gasteiger partial charge < -0.3 is 14.6 Å². The van der Waals surface area contributed by atoms with Crippen molar-refractivity contribution in [2.45, 2.75) is 30.7 Å². The highest BCUT2D eigenvalue weighted by Gasteiger charge is 2.55. The summed E-state index contributed by atoms with van der Waals surface area (Å²) in [5.41, 5.74) is 0.517. The lowest BCUT2D eigenvalue weighted by molar-refractivity contribution is -0.0201. The van der Waals surface area contributed by atoms with E-state index in [1.54, 1.807) is 0 Å². The molecule has 2 fully saturated rings. The lowest BCUT2D eigenvalue weighted by Gasteiger charge is -2.45. The number of hydrogen-bond donors (Lipinski definition) is 1. The van der Waals surface area contributed by atoms with E-state index < -0.39 is 12.7 Å². The van der Waals surface area contributed by atoms with Crippen LogP contribution in [0.25, 0.3) is 0 Å². The summed E-state index contributed by atoms with van der Waals surface area (Å²) in [6.07, 6.45) is 2.02. The minimum atomic E-state index is -3.22. The number of benzene rings is 4. The van der Waals surface area contributed by atoms with Crippen molar-refractivity contribution in [1.82, 2.24) is 4.90 Å². The first-order chi connectivity index (χ1) is 18.1. The molecule has 0 radical (unpaired) electrons. The zero-order valence-electron chi connectivity index (χ0n) is 20.9. The van der Waals surface area contributed by atoms with Crippen molar-refractivity contribution in [3.8, 4) is 0 Å². The summed E-state index contributed by atoms with van der Waals surface area (Å²) in [7, 11) is -3.22. The van der Waals surface area contributed by atoms with Crippen molar-refractivity contribution in [2.24, 2.45) is 0 Å². The summed E-state index contributed by atoms with van der Waals surface area (Å²) in [4.78, 5) is 4.80. The molecular weight excluding hydrogens is 475 g/mol. The van der Waals surface area contributed by atoms with Crippen molar-refractivity contribution in [2.75, 3.05) is 24.2 Å². The van der Waals surface area contributed by atoms with E-state index in [1.165, 1.54) is 0 Å². The van der Waals surface area contributed by atoms with E-state index in [0.717, 1.165) is 47.8 Å². The zero-order valence-corrected chi connectivity index (χ0v) is 21.8. The van der Waals surface area contributed by atoms with Crippen molar-refractivity contribution >= 4 is 23.4 Å². The molecule has 0 unspecified atom stereocenters. The summed E-state index contributed by atoms with van der Waals surface area (Å²) in [5, 5.41) is 14.6. The highest BCUT2D eigenvalue weighted by Crippen LogP contribution is 2.52. The summed E-state index contributed by atoms with van der Waals surface area (Å²) < 4.78 is 15.3. The molecule has 0 saturated carbocycles. The van der Waals surface area contributed by atoms with Gasteiger partial charge >= 0.3 is 0 Å². The lowest BCUT2D eigenvalue weighted by Crippen LogP contribution is -2.57. The number of hydrogen-bond acceptors (Lipinski definition) is 4. The molecule has 6 rings (SSSR count). The fraction of sp³-hybridized carbons (Fsp3) is 0.250. The second kappa shape index (κ2) is 9.95. The summed E-state index contributed by atoms with van der Waals surface area (Å²) >= 11 is 0. The zero-order chi connectivity index (χ0) is 25.3. The maximum Gasteiger partial charge on any atom is 0.146 e. The third kappa shape index (κ3) is 4.34. The van der Waals surface area contributed by atoms with Crippen LogP contribution in [0.1, 0.15) is 18.4 Å². The van der Waals surface area contributed by atoms with Crippen LogP contribution in [0.5, 0.6) is 0 Å². The van der Waals surface area contributed by atoms with E-state index in [4.69, 9.17) is 0 Å². The van der Waals surface area contributed by atoms with Gasteiger partial charge in [-0.15, -0.1) is 0 Å². The molecule has 37 heavy (non-hydrogen) atoms. The van der Waals surface area contributed by atoms with Gasteiger partial charge in [0.2, 0.25) is 0 Å². The summed E-state index contributed by atoms with van der Waals surface area (Å²) in [6, 6.07) is 40.1. The lowest BCUT2D eigenvalue weighted by atomic mass is 9.91. The minimum Gasteiger partial charge on any atom is -0.381 e. The van der Waals surface area contributed by atoms with Crippen LogP contribution in [0.2, 0.25) is 0 Å². The maximum absolute atomic E-state index is 15.3. The third-order valence-electron chi connectivity index (χ3n) is 8.04. The Kier molecular flexibility index (Phi) is 6.50. The van der Waals surface area contributed by atoms with Gasteiger partial charge in [-0.3, -0.25) is 4.90 Å². The Balaban J connectivity index is 1.54. The molecule has 2 heterocycles. The molecule has 3 atom stereocenters. The number of anilines is 1. The van der Waals surface area contributed by atoms with Crippen LogP contribution in [0.4, 0.5) is 5.69 Å². The first kappa shape index (κ1) is 24.2. The number of para-hydroxylation sites is 1. The van der Waals surface area contributed by atoms with Gasteiger partial charge in [0.25, 0.3) is 0 Å².